The van der Waals surface area contributed by atoms with E-state index >= 15 is 0 Å². The molecule has 1 rings (SSSR count). The van der Waals surface area contributed by atoms with Crippen LogP contribution in [0.5, 0.6) is 0 Å². The normalized spacial score (nSPS) is 14.2. The maximum absolute atomic E-state index is 12.2. The van der Waals surface area contributed by atoms with Crippen molar-refractivity contribution in [3.05, 3.63) is 30.1 Å². The summed E-state index contributed by atoms with van der Waals surface area (Å²) in [5, 5.41) is 17.0. The second-order valence-electron chi connectivity index (χ2n) is 5.12. The zero-order valence-corrected chi connectivity index (χ0v) is 17.4. The molecule has 0 aliphatic carbocycles. The molecule has 0 saturated carbocycles. The summed E-state index contributed by atoms with van der Waals surface area (Å²) >= 11 is 9.27. The molecule has 169 valence electrons. The average Bonchev–Trinajstić information content (AvgIpc) is 2.63. The molecular formula is C14H13CuF6N7S2. The van der Waals surface area contributed by atoms with Crippen molar-refractivity contribution in [2.75, 3.05) is 13.1 Å². The van der Waals surface area contributed by atoms with E-state index in [-0.39, 0.29) is 28.5 Å². The molecule has 0 unspecified atom stereocenters. The Morgan fingerprint density at radius 2 is 1.43 bits per heavy atom. The minimum Gasteiger partial charge on any atom is -0.741 e. The van der Waals surface area contributed by atoms with Crippen molar-refractivity contribution < 1.29 is 43.4 Å². The first kappa shape index (κ1) is 28.0. The van der Waals surface area contributed by atoms with Gasteiger partial charge >= 0.3 is 29.4 Å². The smallest absolute Gasteiger partial charge is 0.741 e. The van der Waals surface area contributed by atoms with E-state index in [1.807, 2.05) is 10.6 Å². The van der Waals surface area contributed by atoms with Gasteiger partial charge in [-0.25, -0.2) is 0 Å². The second-order valence-corrected chi connectivity index (χ2v) is 5.90. The van der Waals surface area contributed by atoms with Crippen LogP contribution in [0.1, 0.15) is 12.5 Å². The summed E-state index contributed by atoms with van der Waals surface area (Å²) in [6.07, 6.45) is -6.16. The molecule has 0 spiro atoms. The molecule has 7 nitrogen and oxygen atoms in total. The Kier molecular flexibility index (Phi) is 11.8. The van der Waals surface area contributed by atoms with Crippen LogP contribution in [0.25, 0.3) is 0 Å². The van der Waals surface area contributed by atoms with Crippen molar-refractivity contribution in [1.82, 2.24) is 15.6 Å². The molecule has 30 heavy (non-hydrogen) atoms. The van der Waals surface area contributed by atoms with Gasteiger partial charge in [0.25, 0.3) is 0 Å². The number of halogens is 6. The Balaban J connectivity index is 0.00000841. The number of pyridine rings is 1. The summed E-state index contributed by atoms with van der Waals surface area (Å²) in [6.45, 7) is -1.39. The molecule has 1 aromatic rings. The van der Waals surface area contributed by atoms with Crippen LogP contribution in [0.3, 0.4) is 0 Å². The van der Waals surface area contributed by atoms with Crippen LogP contribution in [-0.2, 0) is 42.3 Å². The molecule has 0 aromatic carbocycles. The van der Waals surface area contributed by atoms with Crippen molar-refractivity contribution in [2.45, 2.75) is 19.3 Å². The molecule has 0 fully saturated rings. The minimum absolute atomic E-state index is 0. The third kappa shape index (κ3) is 12.5. The van der Waals surface area contributed by atoms with Gasteiger partial charge in [-0.05, 0) is 29.4 Å². The number of nitrogens with zero attached hydrogens (tertiary/aromatic N) is 5. The average molecular weight is 521 g/mol. The van der Waals surface area contributed by atoms with E-state index in [2.05, 4.69) is 50.6 Å². The van der Waals surface area contributed by atoms with E-state index in [1.54, 1.807) is 12.1 Å². The van der Waals surface area contributed by atoms with Gasteiger partial charge in [0, 0.05) is 18.0 Å². The van der Waals surface area contributed by atoms with Gasteiger partial charge in [0.1, 0.15) is 18.8 Å². The Bertz CT molecular complexity index is 794. The fraction of sp³-hybridized carbons (Fsp3) is 0.357. The molecule has 0 bridgehead atoms. The first-order valence-electron chi connectivity index (χ1n) is 7.51. The minimum atomic E-state index is -4.50. The molecule has 1 radical (unpaired) electrons. The third-order valence-electron chi connectivity index (χ3n) is 2.69. The van der Waals surface area contributed by atoms with Crippen molar-refractivity contribution in [2.24, 2.45) is 20.4 Å². The number of hydrogen-bond acceptors (Lipinski definition) is 7. The maximum atomic E-state index is 12.2. The monoisotopic (exact) mass is 520 g/mol. The number of rotatable bonds is 6. The number of nitrogens with one attached hydrogen (secondary N) is 2. The first-order valence-corrected chi connectivity index (χ1v) is 8.33. The van der Waals surface area contributed by atoms with Gasteiger partial charge in [-0.2, -0.15) is 41.6 Å². The van der Waals surface area contributed by atoms with E-state index in [9.17, 15) is 26.3 Å². The molecule has 16 heteroatoms. The number of hydrogen-bond donors (Lipinski definition) is 2. The Morgan fingerprint density at radius 1 is 0.933 bits per heavy atom. The number of alkyl halides is 6. The fourth-order valence-electron chi connectivity index (χ4n) is 1.53. The van der Waals surface area contributed by atoms with E-state index in [0.29, 0.717) is 5.56 Å². The van der Waals surface area contributed by atoms with Crippen LogP contribution >= 0.6 is 0 Å². The van der Waals surface area contributed by atoms with Crippen LogP contribution in [-0.4, -0.2) is 52.2 Å². The standard InChI is InChI=1S/C14H15F6N7S2.Cu/c1-8(24-26-11(28)22-6-13(15,16)17)10(9-3-2-4-21-5-9)25-27-12(29)23-7-14(18,19)20;/h2-5H,6-7H2,1H3,(H2,22,26,28)(H2,23,27,29);/q;+2/p-2/b24-8+,25-10-;. The van der Waals surface area contributed by atoms with Crippen LogP contribution in [0, 0.1) is 0 Å². The first-order chi connectivity index (χ1) is 13.4. The second kappa shape index (κ2) is 12.6. The molecule has 0 aliphatic heterocycles. The van der Waals surface area contributed by atoms with Gasteiger partial charge in [-0.3, -0.25) is 4.98 Å². The predicted molar refractivity (Wildman–Crippen MR) is 102 cm³/mol. The van der Waals surface area contributed by atoms with Gasteiger partial charge in [0.05, 0.1) is 5.71 Å². The largest absolute Gasteiger partial charge is 2.00 e. The van der Waals surface area contributed by atoms with Gasteiger partial charge < -0.3 is 35.9 Å². The van der Waals surface area contributed by atoms with Crippen LogP contribution in [0.4, 0.5) is 26.3 Å². The van der Waals surface area contributed by atoms with E-state index in [1.165, 1.54) is 19.3 Å². The summed E-state index contributed by atoms with van der Waals surface area (Å²) in [5.74, 6) is 0. The zero-order valence-electron chi connectivity index (χ0n) is 14.8. The summed E-state index contributed by atoms with van der Waals surface area (Å²) in [4.78, 5) is 3.87. The van der Waals surface area contributed by atoms with Crippen LogP contribution < -0.4 is 10.6 Å². The van der Waals surface area contributed by atoms with Gasteiger partial charge in [-0.1, -0.05) is 0 Å². The zero-order chi connectivity index (χ0) is 22.1. The summed E-state index contributed by atoms with van der Waals surface area (Å²) < 4.78 is 73.0. The van der Waals surface area contributed by atoms with Crippen LogP contribution in [0.2, 0.25) is 0 Å². The van der Waals surface area contributed by atoms with Gasteiger partial charge in [0.2, 0.25) is 0 Å². The van der Waals surface area contributed by atoms with Gasteiger partial charge in [-0.15, -0.1) is 5.10 Å². The van der Waals surface area contributed by atoms with Crippen molar-refractivity contribution in [1.29, 1.82) is 0 Å². The quantitative estimate of drug-likeness (QED) is 0.150. The maximum Gasteiger partial charge on any atom is 2.00 e. The van der Waals surface area contributed by atoms with Crippen LogP contribution in [0.15, 0.2) is 44.9 Å². The van der Waals surface area contributed by atoms with Crippen molar-refractivity contribution in [3.8, 4) is 0 Å². The predicted octanol–water partition coefficient (Wildman–Crippen LogP) is 2.27. The molecule has 1 aromatic heterocycles. The Morgan fingerprint density at radius 3 is 1.87 bits per heavy atom. The molecule has 0 saturated heterocycles. The topological polar surface area (TPSA) is 86.4 Å². The fourth-order valence-corrected chi connectivity index (χ4v) is 1.75. The van der Waals surface area contributed by atoms with Gasteiger partial charge in [0.15, 0.2) is 0 Å². The summed E-state index contributed by atoms with van der Waals surface area (Å²) in [5.41, 5.74) is 0.439. The number of amidine groups is 2. The Hall–Kier alpha value is -2.03. The summed E-state index contributed by atoms with van der Waals surface area (Å²) in [6, 6.07) is 3.10. The number of aromatic nitrogens is 1. The molecule has 0 atom stereocenters. The third-order valence-corrected chi connectivity index (χ3v) is 3.14. The molecular weight excluding hydrogens is 508 g/mol. The van der Waals surface area contributed by atoms with E-state index < -0.39 is 35.8 Å². The van der Waals surface area contributed by atoms with Crippen molar-refractivity contribution >= 4 is 47.0 Å². The molecule has 2 N–H and O–H groups in total. The molecule has 0 amide bonds. The molecule has 0 aliphatic rings. The SMILES string of the molecule is CC(=N\N=C(/[S-])NCC(F)(F)F)/C(=N/N=C(\[S-])NCC(F)(F)F)c1cccnc1.[Cu+2]. The van der Waals surface area contributed by atoms with E-state index in [0.717, 1.165) is 0 Å². The van der Waals surface area contributed by atoms with Crippen molar-refractivity contribution in [3.63, 3.8) is 0 Å². The molecule has 1 heterocycles. The van der Waals surface area contributed by atoms with E-state index in [4.69, 9.17) is 0 Å². The summed E-state index contributed by atoms with van der Waals surface area (Å²) in [7, 11) is 0. The Labute approximate surface area is 188 Å².